The lowest BCUT2D eigenvalue weighted by atomic mass is 10.1. The van der Waals surface area contributed by atoms with Crippen molar-refractivity contribution in [2.24, 2.45) is 5.73 Å². The van der Waals surface area contributed by atoms with Crippen LogP contribution in [0.5, 0.6) is 11.5 Å². The molecule has 4 heteroatoms. The average molecular weight is 347 g/mol. The number of aromatic nitrogens is 1. The van der Waals surface area contributed by atoms with Crippen LogP contribution in [0.3, 0.4) is 0 Å². The second-order valence-corrected chi connectivity index (χ2v) is 6.28. The van der Waals surface area contributed by atoms with Crippen LogP contribution in [-0.2, 0) is 13.1 Å². The molecule has 1 aromatic heterocycles. The van der Waals surface area contributed by atoms with E-state index in [0.717, 1.165) is 37.6 Å². The van der Waals surface area contributed by atoms with Crippen LogP contribution >= 0.6 is 0 Å². The molecule has 134 valence electrons. The molecular formula is C22H25N3O. The van der Waals surface area contributed by atoms with Gasteiger partial charge in [0, 0.05) is 32.0 Å². The second-order valence-electron chi connectivity index (χ2n) is 6.28. The summed E-state index contributed by atoms with van der Waals surface area (Å²) in [5.41, 5.74) is 8.15. The monoisotopic (exact) mass is 347 g/mol. The molecule has 3 aromatic rings. The van der Waals surface area contributed by atoms with Crippen LogP contribution in [0.1, 0.15) is 17.5 Å². The lowest BCUT2D eigenvalue weighted by molar-refractivity contribution is 0.254. The van der Waals surface area contributed by atoms with Crippen molar-refractivity contribution >= 4 is 0 Å². The lowest BCUT2D eigenvalue weighted by Crippen LogP contribution is -2.25. The second kappa shape index (κ2) is 9.70. The summed E-state index contributed by atoms with van der Waals surface area (Å²) in [5, 5.41) is 0. The van der Waals surface area contributed by atoms with E-state index in [1.54, 1.807) is 6.20 Å². The molecule has 2 aromatic carbocycles. The van der Waals surface area contributed by atoms with E-state index in [2.05, 4.69) is 28.1 Å². The summed E-state index contributed by atoms with van der Waals surface area (Å²) in [6, 6.07) is 22.2. The number of nitrogens with zero attached hydrogens (tertiary/aromatic N) is 2. The molecule has 0 amide bonds. The van der Waals surface area contributed by atoms with E-state index in [1.165, 1.54) is 11.1 Å². The molecule has 0 saturated carbocycles. The Hall–Kier alpha value is -2.69. The zero-order valence-corrected chi connectivity index (χ0v) is 14.9. The maximum atomic E-state index is 5.95. The lowest BCUT2D eigenvalue weighted by Gasteiger charge is -2.22. The fourth-order valence-electron chi connectivity index (χ4n) is 2.87. The molecule has 0 saturated heterocycles. The van der Waals surface area contributed by atoms with E-state index in [-0.39, 0.29) is 0 Å². The first-order valence-corrected chi connectivity index (χ1v) is 8.96. The SMILES string of the molecule is NCCCN(Cc1cccnc1)Cc1cccc(Oc2ccccc2)c1. The van der Waals surface area contributed by atoms with E-state index in [0.29, 0.717) is 6.54 Å². The van der Waals surface area contributed by atoms with Gasteiger partial charge in [-0.3, -0.25) is 9.88 Å². The minimum atomic E-state index is 0.695. The van der Waals surface area contributed by atoms with Gasteiger partial charge in [0.1, 0.15) is 11.5 Å². The van der Waals surface area contributed by atoms with Gasteiger partial charge in [-0.05, 0) is 54.4 Å². The normalized spacial score (nSPS) is 10.8. The van der Waals surface area contributed by atoms with Crippen LogP contribution in [0.2, 0.25) is 0 Å². The van der Waals surface area contributed by atoms with Gasteiger partial charge in [-0.25, -0.2) is 0 Å². The van der Waals surface area contributed by atoms with Gasteiger partial charge in [0.05, 0.1) is 0 Å². The smallest absolute Gasteiger partial charge is 0.127 e. The molecule has 0 fully saturated rings. The fraction of sp³-hybridized carbons (Fsp3) is 0.227. The molecule has 0 aliphatic carbocycles. The van der Waals surface area contributed by atoms with E-state index >= 15 is 0 Å². The van der Waals surface area contributed by atoms with Crippen molar-refractivity contribution in [3.05, 3.63) is 90.3 Å². The largest absolute Gasteiger partial charge is 0.457 e. The highest BCUT2D eigenvalue weighted by molar-refractivity contribution is 5.33. The summed E-state index contributed by atoms with van der Waals surface area (Å²) in [6.45, 7) is 3.36. The molecule has 3 rings (SSSR count). The van der Waals surface area contributed by atoms with Crippen molar-refractivity contribution < 1.29 is 4.74 Å². The molecule has 2 N–H and O–H groups in total. The highest BCUT2D eigenvalue weighted by Crippen LogP contribution is 2.22. The quantitative estimate of drug-likeness (QED) is 0.629. The molecule has 1 heterocycles. The van der Waals surface area contributed by atoms with Crippen molar-refractivity contribution in [2.45, 2.75) is 19.5 Å². The minimum Gasteiger partial charge on any atom is -0.457 e. The summed E-state index contributed by atoms with van der Waals surface area (Å²) in [6.07, 6.45) is 4.70. The van der Waals surface area contributed by atoms with Gasteiger partial charge in [0.2, 0.25) is 0 Å². The minimum absolute atomic E-state index is 0.695. The van der Waals surface area contributed by atoms with Gasteiger partial charge in [-0.2, -0.15) is 0 Å². The number of ether oxygens (including phenoxy) is 1. The Morgan fingerprint density at radius 3 is 2.38 bits per heavy atom. The molecule has 4 nitrogen and oxygen atoms in total. The number of para-hydroxylation sites is 1. The van der Waals surface area contributed by atoms with Crippen LogP contribution < -0.4 is 10.5 Å². The van der Waals surface area contributed by atoms with Gasteiger partial charge < -0.3 is 10.5 Å². The van der Waals surface area contributed by atoms with Crippen molar-refractivity contribution in [1.82, 2.24) is 9.88 Å². The van der Waals surface area contributed by atoms with E-state index in [4.69, 9.17) is 10.5 Å². The molecule has 0 aliphatic rings. The third kappa shape index (κ3) is 5.69. The van der Waals surface area contributed by atoms with Crippen LogP contribution in [-0.4, -0.2) is 23.0 Å². The highest BCUT2D eigenvalue weighted by Gasteiger charge is 2.08. The van der Waals surface area contributed by atoms with Crippen LogP contribution in [0, 0.1) is 0 Å². The average Bonchev–Trinajstić information content (AvgIpc) is 2.68. The number of nitrogens with two attached hydrogens (primary N) is 1. The predicted octanol–water partition coefficient (Wildman–Crippen LogP) is 4.22. The fourth-order valence-corrected chi connectivity index (χ4v) is 2.87. The highest BCUT2D eigenvalue weighted by atomic mass is 16.5. The molecule has 0 unspecified atom stereocenters. The van der Waals surface area contributed by atoms with E-state index in [1.807, 2.05) is 54.7 Å². The first-order chi connectivity index (χ1) is 12.8. The zero-order valence-electron chi connectivity index (χ0n) is 14.9. The molecule has 0 radical (unpaired) electrons. The summed E-state index contributed by atoms with van der Waals surface area (Å²) in [7, 11) is 0. The Balaban J connectivity index is 1.68. The third-order valence-electron chi connectivity index (χ3n) is 4.09. The maximum absolute atomic E-state index is 5.95. The molecule has 0 aliphatic heterocycles. The molecular weight excluding hydrogens is 322 g/mol. The van der Waals surface area contributed by atoms with Crippen molar-refractivity contribution in [2.75, 3.05) is 13.1 Å². The Labute approximate surface area is 155 Å². The predicted molar refractivity (Wildman–Crippen MR) is 105 cm³/mol. The van der Waals surface area contributed by atoms with Gasteiger partial charge in [0.25, 0.3) is 0 Å². The molecule has 0 bridgehead atoms. The van der Waals surface area contributed by atoms with Gasteiger partial charge in [-0.15, -0.1) is 0 Å². The summed E-state index contributed by atoms with van der Waals surface area (Å²) >= 11 is 0. The van der Waals surface area contributed by atoms with Crippen molar-refractivity contribution in [3.63, 3.8) is 0 Å². The standard InChI is InChI=1S/C22H25N3O/c23-12-6-14-25(18-20-8-5-13-24-16-20)17-19-7-4-11-22(15-19)26-21-9-2-1-3-10-21/h1-5,7-11,13,15-16H,6,12,14,17-18,23H2. The Bertz CT molecular complexity index is 778. The third-order valence-corrected chi connectivity index (χ3v) is 4.09. The number of benzene rings is 2. The topological polar surface area (TPSA) is 51.4 Å². The number of hydrogen-bond donors (Lipinski definition) is 1. The first kappa shape index (κ1) is 18.1. The van der Waals surface area contributed by atoms with E-state index < -0.39 is 0 Å². The summed E-state index contributed by atoms with van der Waals surface area (Å²) < 4.78 is 5.95. The van der Waals surface area contributed by atoms with Crippen LogP contribution in [0.25, 0.3) is 0 Å². The number of hydrogen-bond acceptors (Lipinski definition) is 4. The van der Waals surface area contributed by atoms with Gasteiger partial charge in [0.15, 0.2) is 0 Å². The van der Waals surface area contributed by atoms with Crippen molar-refractivity contribution in [1.29, 1.82) is 0 Å². The molecule has 0 atom stereocenters. The molecule has 0 spiro atoms. The van der Waals surface area contributed by atoms with Crippen LogP contribution in [0.4, 0.5) is 0 Å². The maximum Gasteiger partial charge on any atom is 0.127 e. The van der Waals surface area contributed by atoms with Gasteiger partial charge >= 0.3 is 0 Å². The number of pyridine rings is 1. The Morgan fingerprint density at radius 1 is 0.846 bits per heavy atom. The zero-order chi connectivity index (χ0) is 18.0. The number of rotatable bonds is 9. The van der Waals surface area contributed by atoms with Gasteiger partial charge in [-0.1, -0.05) is 36.4 Å². The summed E-state index contributed by atoms with van der Waals surface area (Å²) in [5.74, 6) is 1.70. The first-order valence-electron chi connectivity index (χ1n) is 8.96. The molecule has 26 heavy (non-hydrogen) atoms. The summed E-state index contributed by atoms with van der Waals surface area (Å²) in [4.78, 5) is 6.61. The Morgan fingerprint density at radius 2 is 1.62 bits per heavy atom. The Kier molecular flexibility index (Phi) is 6.76. The van der Waals surface area contributed by atoms with E-state index in [9.17, 15) is 0 Å². The van der Waals surface area contributed by atoms with Crippen molar-refractivity contribution in [3.8, 4) is 11.5 Å². The van der Waals surface area contributed by atoms with Crippen LogP contribution in [0.15, 0.2) is 79.1 Å².